The average Bonchev–Trinajstić information content (AvgIpc) is 3.27. The van der Waals surface area contributed by atoms with Gasteiger partial charge < -0.3 is 9.64 Å². The summed E-state index contributed by atoms with van der Waals surface area (Å²) < 4.78 is 6.44. The number of anilines is 3. The number of nitrogens with zero attached hydrogens (tertiary/aromatic N) is 1. The first-order valence-corrected chi connectivity index (χ1v) is 19.2. The molecule has 0 radical (unpaired) electrons. The standard InChI is InChI=1S/C54H35NO/c1-3-11-40-33-42(21-19-36(40)9-1)38-23-27-45(28-24-38)55(46-29-25-39(26-30-46)43-22-20-37-10-2-4-12-41(37)34-43)47-14-7-13-44(35-47)48-31-32-53-54-50(48)16-8-17-51(54)49-15-5-6-18-52(49)56-53/h1-35H. The molecule has 1 heterocycles. The third-order valence-corrected chi connectivity index (χ3v) is 11.2. The van der Waals surface area contributed by atoms with Crippen LogP contribution in [0.3, 0.4) is 0 Å². The normalized spacial score (nSPS) is 11.7. The van der Waals surface area contributed by atoms with Crippen molar-refractivity contribution in [2.24, 2.45) is 0 Å². The molecule has 0 amide bonds. The van der Waals surface area contributed by atoms with Crippen LogP contribution in [0, 0.1) is 0 Å². The third-order valence-electron chi connectivity index (χ3n) is 11.2. The molecule has 1 aliphatic heterocycles. The molecule has 0 aliphatic carbocycles. The van der Waals surface area contributed by atoms with Gasteiger partial charge in [-0.2, -0.15) is 0 Å². The van der Waals surface area contributed by atoms with Crippen LogP contribution in [0.4, 0.5) is 17.1 Å². The summed E-state index contributed by atoms with van der Waals surface area (Å²) in [5.41, 5.74) is 12.7. The molecule has 2 nitrogen and oxygen atoms in total. The molecule has 0 aromatic heterocycles. The first-order valence-electron chi connectivity index (χ1n) is 19.2. The van der Waals surface area contributed by atoms with E-state index in [0.29, 0.717) is 0 Å². The largest absolute Gasteiger partial charge is 0.456 e. The van der Waals surface area contributed by atoms with E-state index >= 15 is 0 Å². The molecule has 0 fully saturated rings. The summed E-state index contributed by atoms with van der Waals surface area (Å²) in [7, 11) is 0. The smallest absolute Gasteiger partial charge is 0.135 e. The minimum Gasteiger partial charge on any atom is -0.456 e. The highest BCUT2D eigenvalue weighted by Gasteiger charge is 2.22. The van der Waals surface area contributed by atoms with Crippen LogP contribution < -0.4 is 9.64 Å². The number of para-hydroxylation sites is 1. The second kappa shape index (κ2) is 13.2. The van der Waals surface area contributed by atoms with Crippen LogP contribution >= 0.6 is 0 Å². The Morgan fingerprint density at radius 2 is 0.839 bits per heavy atom. The monoisotopic (exact) mass is 713 g/mol. The summed E-state index contributed by atoms with van der Waals surface area (Å²) in [6.07, 6.45) is 0. The van der Waals surface area contributed by atoms with Gasteiger partial charge in [-0.3, -0.25) is 0 Å². The predicted molar refractivity (Wildman–Crippen MR) is 235 cm³/mol. The van der Waals surface area contributed by atoms with Crippen molar-refractivity contribution in [2.75, 3.05) is 4.90 Å². The number of rotatable bonds is 6. The first kappa shape index (κ1) is 32.0. The fourth-order valence-corrected chi connectivity index (χ4v) is 8.44. The van der Waals surface area contributed by atoms with E-state index in [1.807, 2.05) is 12.1 Å². The van der Waals surface area contributed by atoms with Gasteiger partial charge >= 0.3 is 0 Å². The molecule has 1 aliphatic rings. The third kappa shape index (κ3) is 5.51. The number of hydrogen-bond acceptors (Lipinski definition) is 2. The summed E-state index contributed by atoms with van der Waals surface area (Å²) in [6, 6.07) is 76.5. The predicted octanol–water partition coefficient (Wildman–Crippen LogP) is 15.4. The Bertz CT molecular complexity index is 2980. The molecule has 11 rings (SSSR count). The van der Waals surface area contributed by atoms with Crippen LogP contribution in [0.1, 0.15) is 0 Å². The Morgan fingerprint density at radius 1 is 0.286 bits per heavy atom. The number of ether oxygens (including phenoxy) is 1. The summed E-state index contributed by atoms with van der Waals surface area (Å²) in [5.74, 6) is 1.80. The van der Waals surface area contributed by atoms with Crippen LogP contribution in [0.5, 0.6) is 11.5 Å². The van der Waals surface area contributed by atoms with Crippen LogP contribution in [0.25, 0.3) is 76.8 Å². The molecule has 0 saturated carbocycles. The molecule has 0 atom stereocenters. The zero-order valence-corrected chi connectivity index (χ0v) is 30.6. The lowest BCUT2D eigenvalue weighted by Crippen LogP contribution is -2.10. The van der Waals surface area contributed by atoms with Crippen LogP contribution in [0.2, 0.25) is 0 Å². The molecular formula is C54H35NO. The van der Waals surface area contributed by atoms with Gasteiger partial charge in [0.25, 0.3) is 0 Å². The Morgan fingerprint density at radius 3 is 1.50 bits per heavy atom. The zero-order chi connectivity index (χ0) is 37.0. The molecule has 2 heteroatoms. The van der Waals surface area contributed by atoms with E-state index in [2.05, 4.69) is 205 Å². The molecule has 10 aromatic carbocycles. The summed E-state index contributed by atoms with van der Waals surface area (Å²) in [6.45, 7) is 0. The van der Waals surface area contributed by atoms with Gasteiger partial charge in [-0.05, 0) is 127 Å². The first-order chi connectivity index (χ1) is 27.7. The Hall–Kier alpha value is -7.42. The Balaban J connectivity index is 1.02. The molecular weight excluding hydrogens is 679 g/mol. The highest BCUT2D eigenvalue weighted by atomic mass is 16.5. The van der Waals surface area contributed by atoms with Gasteiger partial charge in [-0.25, -0.2) is 0 Å². The SMILES string of the molecule is c1cc(-c2ccc3c4c(cccc24)-c2ccccc2O3)cc(N(c2ccc(-c3ccc4ccccc4c3)cc2)c2ccc(-c3ccc4ccccc4c3)cc2)c1. The second-order valence-corrected chi connectivity index (χ2v) is 14.5. The van der Waals surface area contributed by atoms with E-state index in [1.54, 1.807) is 0 Å². The number of fused-ring (bicyclic) bond motifs is 4. The quantitative estimate of drug-likeness (QED) is 0.170. The van der Waals surface area contributed by atoms with Gasteiger partial charge in [0.1, 0.15) is 11.5 Å². The van der Waals surface area contributed by atoms with Crippen molar-refractivity contribution >= 4 is 49.4 Å². The molecule has 10 aromatic rings. The van der Waals surface area contributed by atoms with Gasteiger partial charge in [0, 0.05) is 28.0 Å². The van der Waals surface area contributed by atoms with E-state index < -0.39 is 0 Å². The topological polar surface area (TPSA) is 12.5 Å². The van der Waals surface area contributed by atoms with E-state index in [4.69, 9.17) is 4.74 Å². The van der Waals surface area contributed by atoms with Crippen LogP contribution in [-0.2, 0) is 0 Å². The maximum absolute atomic E-state index is 6.44. The van der Waals surface area contributed by atoms with Crippen LogP contribution in [0.15, 0.2) is 212 Å². The average molecular weight is 714 g/mol. The second-order valence-electron chi connectivity index (χ2n) is 14.5. The molecule has 0 spiro atoms. The van der Waals surface area contributed by atoms with Crippen molar-refractivity contribution in [3.63, 3.8) is 0 Å². The number of hydrogen-bond donors (Lipinski definition) is 0. The van der Waals surface area contributed by atoms with Crippen molar-refractivity contribution in [1.82, 2.24) is 0 Å². The minimum absolute atomic E-state index is 0.897. The van der Waals surface area contributed by atoms with Crippen molar-refractivity contribution < 1.29 is 4.74 Å². The highest BCUT2D eigenvalue weighted by Crippen LogP contribution is 2.49. The molecule has 56 heavy (non-hydrogen) atoms. The van der Waals surface area contributed by atoms with Gasteiger partial charge in [0.15, 0.2) is 0 Å². The van der Waals surface area contributed by atoms with Crippen molar-refractivity contribution in [1.29, 1.82) is 0 Å². The lowest BCUT2D eigenvalue weighted by Gasteiger charge is -2.27. The lowest BCUT2D eigenvalue weighted by molar-refractivity contribution is 0.487. The van der Waals surface area contributed by atoms with E-state index in [0.717, 1.165) is 45.1 Å². The Kier molecular flexibility index (Phi) is 7.53. The summed E-state index contributed by atoms with van der Waals surface area (Å²) in [4.78, 5) is 2.36. The maximum atomic E-state index is 6.44. The maximum Gasteiger partial charge on any atom is 0.135 e. The highest BCUT2D eigenvalue weighted by molar-refractivity contribution is 6.10. The molecule has 262 valence electrons. The molecule has 0 bridgehead atoms. The summed E-state index contributed by atoms with van der Waals surface area (Å²) in [5, 5.41) is 7.32. The lowest BCUT2D eigenvalue weighted by atomic mass is 9.90. The summed E-state index contributed by atoms with van der Waals surface area (Å²) >= 11 is 0. The molecule has 0 N–H and O–H groups in total. The number of benzene rings is 10. The van der Waals surface area contributed by atoms with Gasteiger partial charge in [-0.1, -0.05) is 152 Å². The van der Waals surface area contributed by atoms with Gasteiger partial charge in [-0.15, -0.1) is 0 Å². The zero-order valence-electron chi connectivity index (χ0n) is 30.6. The Labute approximate surface area is 326 Å². The molecule has 0 saturated heterocycles. The van der Waals surface area contributed by atoms with Crippen molar-refractivity contribution in [3.8, 4) is 56.0 Å². The van der Waals surface area contributed by atoms with E-state index in [-0.39, 0.29) is 0 Å². The fourth-order valence-electron chi connectivity index (χ4n) is 8.44. The van der Waals surface area contributed by atoms with E-state index in [1.165, 1.54) is 60.3 Å². The van der Waals surface area contributed by atoms with E-state index in [9.17, 15) is 0 Å². The molecule has 0 unspecified atom stereocenters. The van der Waals surface area contributed by atoms with Crippen molar-refractivity contribution in [2.45, 2.75) is 0 Å². The van der Waals surface area contributed by atoms with Crippen molar-refractivity contribution in [3.05, 3.63) is 212 Å². The minimum atomic E-state index is 0.897. The van der Waals surface area contributed by atoms with Gasteiger partial charge in [0.05, 0.1) is 0 Å². The van der Waals surface area contributed by atoms with Crippen LogP contribution in [-0.4, -0.2) is 0 Å². The van der Waals surface area contributed by atoms with Gasteiger partial charge in [0.2, 0.25) is 0 Å². The fraction of sp³-hybridized carbons (Fsp3) is 0.